The summed E-state index contributed by atoms with van der Waals surface area (Å²) < 4.78 is 117. The summed E-state index contributed by atoms with van der Waals surface area (Å²) in [6.07, 6.45) is 0. The molecule has 0 bridgehead atoms. The molecule has 0 unspecified atom stereocenters. The van der Waals surface area contributed by atoms with Crippen molar-refractivity contribution in [2.75, 3.05) is 0 Å². The van der Waals surface area contributed by atoms with Crippen molar-refractivity contribution in [3.8, 4) is 0 Å². The van der Waals surface area contributed by atoms with Crippen LogP contribution in [0.15, 0.2) is 36.4 Å². The lowest BCUT2D eigenvalue weighted by Crippen LogP contribution is -2.45. The zero-order valence-corrected chi connectivity index (χ0v) is 13.5. The predicted octanol–water partition coefficient (Wildman–Crippen LogP) is 2.22. The van der Waals surface area contributed by atoms with Gasteiger partial charge in [-0.25, -0.2) is 17.6 Å². The summed E-state index contributed by atoms with van der Waals surface area (Å²) in [4.78, 5) is 0. The molecule has 0 aliphatic carbocycles. The third-order valence-corrected chi connectivity index (χ3v) is 6.89. The van der Waals surface area contributed by atoms with Gasteiger partial charge in [-0.1, -0.05) is 0 Å². The Morgan fingerprint density at radius 2 is 1.00 bits per heavy atom. The van der Waals surface area contributed by atoms with E-state index in [2.05, 4.69) is 0 Å². The van der Waals surface area contributed by atoms with E-state index in [4.69, 9.17) is 0 Å². The Balaban J connectivity index is 3.21. The van der Waals surface area contributed by atoms with Crippen LogP contribution >= 0.6 is 0 Å². The number of hydrogen-bond donors (Lipinski definition) is 2. The highest BCUT2D eigenvalue weighted by Crippen LogP contribution is 2.44. The van der Waals surface area contributed by atoms with Gasteiger partial charge in [-0.3, -0.25) is 9.11 Å². The summed E-state index contributed by atoms with van der Waals surface area (Å²) in [6.45, 7) is 0. The van der Waals surface area contributed by atoms with Gasteiger partial charge in [-0.05, 0) is 36.4 Å². The second-order valence-electron chi connectivity index (χ2n) is 4.82. The Labute approximate surface area is 139 Å². The summed E-state index contributed by atoms with van der Waals surface area (Å²) >= 11 is 0. The smallest absolute Gasteiger partial charge is 0.284 e. The molecule has 0 saturated carbocycles. The van der Waals surface area contributed by atoms with Crippen LogP contribution in [0.5, 0.6) is 0 Å². The van der Waals surface area contributed by atoms with Crippen molar-refractivity contribution in [1.82, 2.24) is 0 Å². The summed E-state index contributed by atoms with van der Waals surface area (Å²) in [5.74, 6) is -6.18. The maximum Gasteiger partial charge on any atom is 0.296 e. The normalized spacial score (nSPS) is 13.0. The van der Waals surface area contributed by atoms with E-state index in [1.54, 1.807) is 0 Å². The minimum Gasteiger partial charge on any atom is -0.284 e. The molecule has 0 aliphatic rings. The molecule has 136 valence electrons. The highest BCUT2D eigenvalue weighted by Gasteiger charge is 2.60. The third kappa shape index (κ3) is 3.01. The molecule has 0 aromatic heterocycles. The number of hydrogen-bond acceptors (Lipinski definition) is 4. The summed E-state index contributed by atoms with van der Waals surface area (Å²) in [5.41, 5.74) is -3.30. The van der Waals surface area contributed by atoms with Crippen molar-refractivity contribution in [2.45, 2.75) is 4.08 Å². The predicted molar refractivity (Wildman–Crippen MR) is 76.6 cm³/mol. The van der Waals surface area contributed by atoms with E-state index in [0.29, 0.717) is 12.1 Å². The molecular formula is C13H8F4O6S2. The summed E-state index contributed by atoms with van der Waals surface area (Å²) in [7, 11) is -12.2. The van der Waals surface area contributed by atoms with Crippen LogP contribution in [0.2, 0.25) is 0 Å². The van der Waals surface area contributed by atoms with E-state index in [0.717, 1.165) is 0 Å². The van der Waals surface area contributed by atoms with Crippen LogP contribution in [0.1, 0.15) is 11.1 Å². The summed E-state index contributed by atoms with van der Waals surface area (Å²) in [5, 5.41) is 0. The van der Waals surface area contributed by atoms with Crippen molar-refractivity contribution in [3.63, 3.8) is 0 Å². The molecule has 0 amide bonds. The van der Waals surface area contributed by atoms with Gasteiger partial charge in [-0.2, -0.15) is 16.8 Å². The first-order valence-corrected chi connectivity index (χ1v) is 9.05. The molecule has 2 N–H and O–H groups in total. The second kappa shape index (κ2) is 6.05. The van der Waals surface area contributed by atoms with E-state index >= 15 is 0 Å². The molecule has 0 atom stereocenters. The standard InChI is InChI=1S/C13H8F4O6S2/c14-7-1-3-11(16)9(5-7)13(24(18,19)20,25(21,22)23)10-6-8(15)2-4-12(10)17/h1-6H,(H,18,19,20)(H,21,22,23). The van der Waals surface area contributed by atoms with Crippen molar-refractivity contribution in [3.05, 3.63) is 70.8 Å². The lowest BCUT2D eigenvalue weighted by atomic mass is 10.0. The maximum absolute atomic E-state index is 14.1. The Morgan fingerprint density at radius 1 is 0.680 bits per heavy atom. The molecule has 0 saturated heterocycles. The molecule has 0 aliphatic heterocycles. The Bertz CT molecular complexity index is 965. The van der Waals surface area contributed by atoms with Crippen molar-refractivity contribution >= 4 is 20.2 Å². The molecule has 2 rings (SSSR count). The van der Waals surface area contributed by atoms with E-state index < -0.39 is 58.7 Å². The van der Waals surface area contributed by atoms with Crippen LogP contribution in [0, 0.1) is 23.3 Å². The lowest BCUT2D eigenvalue weighted by Gasteiger charge is -2.29. The van der Waals surface area contributed by atoms with Gasteiger partial charge < -0.3 is 0 Å². The fraction of sp³-hybridized carbons (Fsp3) is 0.0769. The van der Waals surface area contributed by atoms with Gasteiger partial charge in [-0.15, -0.1) is 0 Å². The van der Waals surface area contributed by atoms with Gasteiger partial charge in [0.2, 0.25) is 0 Å². The van der Waals surface area contributed by atoms with E-state index in [1.807, 2.05) is 0 Å². The zero-order valence-electron chi connectivity index (χ0n) is 11.8. The molecule has 0 spiro atoms. The van der Waals surface area contributed by atoms with E-state index in [1.165, 1.54) is 0 Å². The largest absolute Gasteiger partial charge is 0.296 e. The lowest BCUT2D eigenvalue weighted by molar-refractivity contribution is 0.427. The van der Waals surface area contributed by atoms with E-state index in [9.17, 15) is 43.5 Å². The molecule has 2 aromatic rings. The van der Waals surface area contributed by atoms with Gasteiger partial charge in [0, 0.05) is 11.1 Å². The van der Waals surface area contributed by atoms with Gasteiger partial charge in [0.25, 0.3) is 24.3 Å². The summed E-state index contributed by atoms with van der Waals surface area (Å²) in [6, 6.07) is 1.54. The molecule has 2 aromatic carbocycles. The molecule has 12 heteroatoms. The monoisotopic (exact) mass is 400 g/mol. The minimum absolute atomic E-state index is 0.0151. The maximum atomic E-state index is 14.1. The van der Waals surface area contributed by atoms with Gasteiger partial charge >= 0.3 is 0 Å². The van der Waals surface area contributed by atoms with Crippen LogP contribution in [0.4, 0.5) is 17.6 Å². The Morgan fingerprint density at radius 3 is 1.28 bits per heavy atom. The molecule has 25 heavy (non-hydrogen) atoms. The van der Waals surface area contributed by atoms with Crippen molar-refractivity contribution in [2.24, 2.45) is 0 Å². The highest BCUT2D eigenvalue weighted by atomic mass is 32.3. The molecule has 0 fully saturated rings. The van der Waals surface area contributed by atoms with Crippen LogP contribution in [0.3, 0.4) is 0 Å². The van der Waals surface area contributed by atoms with Crippen LogP contribution in [-0.2, 0) is 24.3 Å². The molecule has 0 heterocycles. The topological polar surface area (TPSA) is 109 Å². The van der Waals surface area contributed by atoms with Gasteiger partial charge in [0.1, 0.15) is 23.3 Å². The van der Waals surface area contributed by atoms with Crippen molar-refractivity contribution < 1.29 is 43.5 Å². The molecule has 0 radical (unpaired) electrons. The highest BCUT2D eigenvalue weighted by molar-refractivity contribution is 8.04. The Kier molecular flexibility index (Phi) is 4.67. The van der Waals surface area contributed by atoms with Crippen molar-refractivity contribution in [1.29, 1.82) is 0 Å². The first kappa shape index (κ1) is 19.3. The SMILES string of the molecule is O=S(=O)(O)C(c1cc(F)ccc1F)(c1cc(F)ccc1F)S(=O)(=O)O. The molecule has 6 nitrogen and oxygen atoms in total. The van der Waals surface area contributed by atoms with Gasteiger partial charge in [0.05, 0.1) is 0 Å². The van der Waals surface area contributed by atoms with Crippen LogP contribution in [-0.4, -0.2) is 25.9 Å². The van der Waals surface area contributed by atoms with Crippen LogP contribution in [0.25, 0.3) is 0 Å². The van der Waals surface area contributed by atoms with E-state index in [-0.39, 0.29) is 24.3 Å². The zero-order chi connectivity index (χ0) is 19.2. The quantitative estimate of drug-likeness (QED) is 0.602. The van der Waals surface area contributed by atoms with Gasteiger partial charge in [0.15, 0.2) is 0 Å². The fourth-order valence-corrected chi connectivity index (χ4v) is 5.14. The van der Waals surface area contributed by atoms with Crippen LogP contribution < -0.4 is 0 Å². The molecular weight excluding hydrogens is 392 g/mol. The fourth-order valence-electron chi connectivity index (χ4n) is 2.33. The number of rotatable bonds is 4. The Hall–Kier alpha value is -2.02. The average molecular weight is 400 g/mol. The second-order valence-corrected chi connectivity index (χ2v) is 8.20. The first-order valence-electron chi connectivity index (χ1n) is 6.17. The first-order chi connectivity index (χ1) is 11.3. The number of benzene rings is 2. The number of halogens is 4. The minimum atomic E-state index is -6.12. The third-order valence-electron chi connectivity index (χ3n) is 3.29. The average Bonchev–Trinajstić information content (AvgIpc) is 2.44.